The molecule has 0 spiro atoms. The van der Waals surface area contributed by atoms with E-state index in [0.717, 1.165) is 34.4 Å². The lowest BCUT2D eigenvalue weighted by atomic mass is 9.99. The van der Waals surface area contributed by atoms with Gasteiger partial charge in [-0.25, -0.2) is 4.98 Å². The lowest BCUT2D eigenvalue weighted by molar-refractivity contribution is -0.134. The minimum atomic E-state index is -0.472. The molecule has 0 aliphatic carbocycles. The molecule has 1 unspecified atom stereocenters. The van der Waals surface area contributed by atoms with E-state index in [1.165, 1.54) is 5.56 Å². The number of aromatic nitrogens is 2. The Morgan fingerprint density at radius 3 is 2.70 bits per heavy atom. The van der Waals surface area contributed by atoms with Crippen LogP contribution in [0.3, 0.4) is 0 Å². The molecule has 7 heteroatoms. The first-order valence-corrected chi connectivity index (χ1v) is 12.7. The number of amides is 1. The summed E-state index contributed by atoms with van der Waals surface area (Å²) in [6.45, 7) is 4.21. The van der Waals surface area contributed by atoms with Crippen LogP contribution in [0, 0.1) is 18.3 Å². The predicted molar refractivity (Wildman–Crippen MR) is 144 cm³/mol. The highest BCUT2D eigenvalue weighted by molar-refractivity contribution is 6.32. The average Bonchev–Trinajstić information content (AvgIpc) is 3.31. The zero-order valence-corrected chi connectivity index (χ0v) is 21.4. The topological polar surface area (TPSA) is 74.0 Å². The Hall–Kier alpha value is -3.92. The number of halogens is 1. The normalized spacial score (nSPS) is 15.2. The first kappa shape index (κ1) is 24.8. The van der Waals surface area contributed by atoms with Crippen LogP contribution in [-0.4, -0.2) is 26.9 Å². The third kappa shape index (κ3) is 5.43. The number of hydrogen-bond acceptors (Lipinski definition) is 4. The van der Waals surface area contributed by atoms with E-state index in [9.17, 15) is 4.79 Å². The van der Waals surface area contributed by atoms with Gasteiger partial charge in [0.05, 0.1) is 23.7 Å². The van der Waals surface area contributed by atoms with Gasteiger partial charge in [-0.2, -0.15) is 5.26 Å². The Bertz CT molecular complexity index is 1450. The van der Waals surface area contributed by atoms with E-state index in [1.54, 1.807) is 6.33 Å². The van der Waals surface area contributed by atoms with Gasteiger partial charge in [0.15, 0.2) is 0 Å². The van der Waals surface area contributed by atoms with Crippen molar-refractivity contribution < 1.29 is 4.79 Å². The van der Waals surface area contributed by atoms with Crippen LogP contribution >= 0.6 is 11.6 Å². The smallest absolute Gasteiger partial charge is 0.244 e. The molecule has 2 heterocycles. The summed E-state index contributed by atoms with van der Waals surface area (Å²) in [4.78, 5) is 20.1. The van der Waals surface area contributed by atoms with Gasteiger partial charge in [-0.3, -0.25) is 10.1 Å². The molecule has 4 aromatic rings. The van der Waals surface area contributed by atoms with E-state index in [-0.39, 0.29) is 5.91 Å². The van der Waals surface area contributed by atoms with Crippen LogP contribution in [0.25, 0.3) is 0 Å². The molecule has 6 nitrogen and oxygen atoms in total. The summed E-state index contributed by atoms with van der Waals surface area (Å²) in [5, 5.41) is 13.3. The highest BCUT2D eigenvalue weighted by Gasteiger charge is 2.31. The molecule has 1 N–H and O–H groups in total. The van der Waals surface area contributed by atoms with E-state index < -0.39 is 6.04 Å². The number of benzene rings is 3. The van der Waals surface area contributed by atoms with Gasteiger partial charge in [-0.05, 0) is 53.3 Å². The molecule has 0 saturated carbocycles. The van der Waals surface area contributed by atoms with Crippen LogP contribution in [0.15, 0.2) is 79.3 Å². The molecule has 0 radical (unpaired) electrons. The van der Waals surface area contributed by atoms with Crippen LogP contribution in [-0.2, 0) is 30.8 Å². The van der Waals surface area contributed by atoms with Crippen molar-refractivity contribution in [3.05, 3.63) is 123 Å². The summed E-state index contributed by atoms with van der Waals surface area (Å²) in [5.41, 5.74) is 6.86. The van der Waals surface area contributed by atoms with Crippen molar-refractivity contribution in [2.45, 2.75) is 39.0 Å². The van der Waals surface area contributed by atoms with E-state index in [4.69, 9.17) is 16.9 Å². The fourth-order valence-corrected chi connectivity index (χ4v) is 5.03. The van der Waals surface area contributed by atoms with Gasteiger partial charge in [-0.1, -0.05) is 66.2 Å². The Morgan fingerprint density at radius 1 is 1.08 bits per heavy atom. The molecule has 3 aromatic carbocycles. The summed E-state index contributed by atoms with van der Waals surface area (Å²) in [6, 6.07) is 23.4. The molecule has 0 bridgehead atoms. The third-order valence-electron chi connectivity index (χ3n) is 6.93. The van der Waals surface area contributed by atoms with Gasteiger partial charge in [0, 0.05) is 37.4 Å². The van der Waals surface area contributed by atoms with Gasteiger partial charge in [0.25, 0.3) is 0 Å². The number of rotatable bonds is 7. The molecule has 0 fully saturated rings. The third-order valence-corrected chi connectivity index (χ3v) is 7.47. The van der Waals surface area contributed by atoms with Gasteiger partial charge in [-0.15, -0.1) is 0 Å². The number of aryl methyl sites for hydroxylation is 1. The van der Waals surface area contributed by atoms with E-state index in [1.807, 2.05) is 78.7 Å². The number of carbonyl (C=O) groups excluding carboxylic acids is 1. The van der Waals surface area contributed by atoms with Gasteiger partial charge >= 0.3 is 0 Å². The molecule has 1 atom stereocenters. The molecule has 1 aliphatic rings. The number of imidazole rings is 1. The standard InChI is InChI=1S/C30H28ClN5O/c1-21-5-4-7-25(28(21)31)19-35-14-13-24-6-2-3-8-27(24)29(30(35)37)34-17-26-16-33-20-36(26)18-23-11-9-22(15-32)10-12-23/h2-12,16,20,29,34H,13-14,17-19H2,1H3. The van der Waals surface area contributed by atoms with Gasteiger partial charge < -0.3 is 9.47 Å². The van der Waals surface area contributed by atoms with Crippen LogP contribution in [0.2, 0.25) is 5.02 Å². The number of nitrogens with zero attached hydrogens (tertiary/aromatic N) is 4. The second kappa shape index (κ2) is 11.0. The Balaban J connectivity index is 1.36. The summed E-state index contributed by atoms with van der Waals surface area (Å²) in [5.74, 6) is 0.0423. The van der Waals surface area contributed by atoms with Gasteiger partial charge in [0.2, 0.25) is 5.91 Å². The molecular formula is C30H28ClN5O. The Kier molecular flexibility index (Phi) is 7.36. The van der Waals surface area contributed by atoms with Crippen molar-refractivity contribution in [3.8, 4) is 6.07 Å². The monoisotopic (exact) mass is 509 g/mol. The molecule has 1 aliphatic heterocycles. The Labute approximate surface area is 222 Å². The number of nitrogens with one attached hydrogen (secondary N) is 1. The van der Waals surface area contributed by atoms with Crippen molar-refractivity contribution in [2.24, 2.45) is 0 Å². The maximum atomic E-state index is 13.9. The quantitative estimate of drug-likeness (QED) is 0.372. The molecular weight excluding hydrogens is 482 g/mol. The maximum absolute atomic E-state index is 13.9. The van der Waals surface area contributed by atoms with Gasteiger partial charge in [0.1, 0.15) is 6.04 Å². The molecule has 1 aromatic heterocycles. The predicted octanol–water partition coefficient (Wildman–Crippen LogP) is 5.18. The molecule has 37 heavy (non-hydrogen) atoms. The zero-order valence-electron chi connectivity index (χ0n) is 20.7. The number of hydrogen-bond donors (Lipinski definition) is 1. The number of carbonyl (C=O) groups is 1. The molecule has 5 rings (SSSR count). The highest BCUT2D eigenvalue weighted by atomic mass is 35.5. The first-order valence-electron chi connectivity index (χ1n) is 12.4. The largest absolute Gasteiger partial charge is 0.336 e. The second-order valence-electron chi connectivity index (χ2n) is 9.39. The second-order valence-corrected chi connectivity index (χ2v) is 9.77. The maximum Gasteiger partial charge on any atom is 0.244 e. The minimum Gasteiger partial charge on any atom is -0.336 e. The minimum absolute atomic E-state index is 0.0423. The van der Waals surface area contributed by atoms with Crippen molar-refractivity contribution in [1.82, 2.24) is 19.8 Å². The number of nitriles is 1. The average molecular weight is 510 g/mol. The molecule has 1 amide bonds. The van der Waals surface area contributed by atoms with Crippen LogP contribution in [0.5, 0.6) is 0 Å². The van der Waals surface area contributed by atoms with E-state index >= 15 is 0 Å². The first-order chi connectivity index (χ1) is 18.0. The lowest BCUT2D eigenvalue weighted by Gasteiger charge is -2.26. The number of fused-ring (bicyclic) bond motifs is 1. The lowest BCUT2D eigenvalue weighted by Crippen LogP contribution is -2.39. The fraction of sp³-hybridized carbons (Fsp3) is 0.233. The van der Waals surface area contributed by atoms with E-state index in [2.05, 4.69) is 27.0 Å². The van der Waals surface area contributed by atoms with Crippen LogP contribution in [0.4, 0.5) is 0 Å². The summed E-state index contributed by atoms with van der Waals surface area (Å²) < 4.78 is 2.06. The summed E-state index contributed by atoms with van der Waals surface area (Å²) >= 11 is 6.58. The molecule has 0 saturated heterocycles. The van der Waals surface area contributed by atoms with Crippen LogP contribution in [0.1, 0.15) is 45.1 Å². The van der Waals surface area contributed by atoms with Crippen molar-refractivity contribution in [1.29, 1.82) is 5.26 Å². The highest BCUT2D eigenvalue weighted by Crippen LogP contribution is 2.28. The van der Waals surface area contributed by atoms with Crippen molar-refractivity contribution >= 4 is 17.5 Å². The van der Waals surface area contributed by atoms with Crippen molar-refractivity contribution in [3.63, 3.8) is 0 Å². The van der Waals surface area contributed by atoms with Crippen molar-refractivity contribution in [2.75, 3.05) is 6.54 Å². The van der Waals surface area contributed by atoms with E-state index in [0.29, 0.717) is 36.8 Å². The Morgan fingerprint density at radius 2 is 1.89 bits per heavy atom. The summed E-state index contributed by atoms with van der Waals surface area (Å²) in [7, 11) is 0. The fourth-order valence-electron chi connectivity index (χ4n) is 4.84. The summed E-state index contributed by atoms with van der Waals surface area (Å²) in [6.07, 6.45) is 4.41. The molecule has 186 valence electrons. The SMILES string of the molecule is Cc1cccc(CN2CCc3ccccc3C(NCc3cncn3Cc3ccc(C#N)cc3)C2=O)c1Cl. The van der Waals surface area contributed by atoms with Crippen LogP contribution < -0.4 is 5.32 Å². The zero-order chi connectivity index (χ0) is 25.8.